The van der Waals surface area contributed by atoms with Crippen LogP contribution < -0.4 is 14.4 Å². The van der Waals surface area contributed by atoms with Gasteiger partial charge in [-0.05, 0) is 71.0 Å². The highest BCUT2D eigenvalue weighted by Crippen LogP contribution is 2.36. The van der Waals surface area contributed by atoms with E-state index in [1.165, 1.54) is 62.3 Å². The normalized spacial score (nSPS) is 19.0. The van der Waals surface area contributed by atoms with E-state index in [2.05, 4.69) is 5.32 Å². The van der Waals surface area contributed by atoms with E-state index in [-0.39, 0.29) is 28.6 Å². The number of amides is 1. The van der Waals surface area contributed by atoms with Crippen molar-refractivity contribution in [1.29, 1.82) is 0 Å². The Labute approximate surface area is 244 Å². The summed E-state index contributed by atoms with van der Waals surface area (Å²) in [7, 11) is -1.56. The lowest BCUT2D eigenvalue weighted by Crippen LogP contribution is -2.67. The van der Waals surface area contributed by atoms with E-state index in [9.17, 15) is 27.4 Å². The van der Waals surface area contributed by atoms with Crippen LogP contribution in [0.2, 0.25) is 0 Å². The topological polar surface area (TPSA) is 145 Å². The van der Waals surface area contributed by atoms with Gasteiger partial charge in [-0.1, -0.05) is 28.9 Å². The molecule has 0 spiro atoms. The van der Waals surface area contributed by atoms with Gasteiger partial charge in [0.1, 0.15) is 28.9 Å². The maximum absolute atomic E-state index is 14.4. The summed E-state index contributed by atoms with van der Waals surface area (Å²) in [5.41, 5.74) is -2.72. The maximum Gasteiger partial charge on any atom is 0.414 e. The van der Waals surface area contributed by atoms with E-state index in [0.717, 1.165) is 9.87 Å². The quantitative estimate of drug-likeness (QED) is 0.272. The van der Waals surface area contributed by atoms with Gasteiger partial charge in [0, 0.05) is 20.6 Å². The van der Waals surface area contributed by atoms with Gasteiger partial charge >= 0.3 is 12.1 Å². The summed E-state index contributed by atoms with van der Waals surface area (Å²) < 4.78 is 52.8. The lowest BCUT2D eigenvalue weighted by atomic mass is 9.90. The van der Waals surface area contributed by atoms with E-state index in [1.54, 1.807) is 39.8 Å². The first kappa shape index (κ1) is 32.4. The lowest BCUT2D eigenvalue weighted by Gasteiger charge is -2.42. The second-order valence-electron chi connectivity index (χ2n) is 11.1. The van der Waals surface area contributed by atoms with Crippen molar-refractivity contribution in [3.8, 4) is 5.75 Å². The van der Waals surface area contributed by atoms with Crippen molar-refractivity contribution in [1.82, 2.24) is 10.2 Å². The van der Waals surface area contributed by atoms with Crippen molar-refractivity contribution in [3.63, 3.8) is 0 Å². The van der Waals surface area contributed by atoms with Crippen LogP contribution in [-0.2, 0) is 35.5 Å². The zero-order valence-corrected chi connectivity index (χ0v) is 25.9. The van der Waals surface area contributed by atoms with Gasteiger partial charge in [0.05, 0.1) is 10.6 Å². The molecule has 2 unspecified atom stereocenters. The molecule has 1 aliphatic rings. The molecule has 0 bridgehead atoms. The van der Waals surface area contributed by atoms with Crippen molar-refractivity contribution < 1.29 is 36.8 Å². The number of esters is 1. The number of Topliss-reactive ketones (excluding diaryl/α,β-unsaturated/α-hetero) is 1. The number of rotatable bonds is 8. The Morgan fingerprint density at radius 2 is 1.59 bits per heavy atom. The lowest BCUT2D eigenvalue weighted by molar-refractivity contribution is -0.163. The van der Waals surface area contributed by atoms with Crippen molar-refractivity contribution >= 4 is 44.7 Å². The van der Waals surface area contributed by atoms with E-state index in [4.69, 9.17) is 9.47 Å². The molecule has 1 fully saturated rings. The van der Waals surface area contributed by atoms with E-state index in [1.807, 2.05) is 0 Å². The first-order valence-electron chi connectivity index (χ1n) is 12.9. The smallest absolute Gasteiger partial charge is 0.414 e. The van der Waals surface area contributed by atoms with Crippen LogP contribution in [0.1, 0.15) is 33.3 Å². The largest absolute Gasteiger partial charge is 0.616 e. The van der Waals surface area contributed by atoms with Crippen LogP contribution in [0.3, 0.4) is 0 Å². The molecule has 1 aliphatic heterocycles. The molecule has 11 nitrogen and oxygen atoms in total. The molecule has 0 saturated carbocycles. The molecule has 1 amide bonds. The fourth-order valence-corrected chi connectivity index (χ4v) is 7.03. The van der Waals surface area contributed by atoms with E-state index < -0.39 is 56.2 Å². The molecule has 2 aromatic carbocycles. The highest BCUT2D eigenvalue weighted by atomic mass is 32.2. The number of anilines is 1. The van der Waals surface area contributed by atoms with Crippen LogP contribution in [0.25, 0.3) is 0 Å². The number of hydrogen-bond donors (Lipinski definition) is 1. The van der Waals surface area contributed by atoms with E-state index >= 15 is 0 Å². The van der Waals surface area contributed by atoms with Crippen LogP contribution in [0.4, 0.5) is 10.5 Å². The van der Waals surface area contributed by atoms with Gasteiger partial charge in [0.2, 0.25) is 5.54 Å². The molecule has 41 heavy (non-hydrogen) atoms. The summed E-state index contributed by atoms with van der Waals surface area (Å²) in [6, 6.07) is 10.3. The Balaban J connectivity index is 2.25. The number of sulfonamides is 1. The van der Waals surface area contributed by atoms with Gasteiger partial charge in [0.25, 0.3) is 10.0 Å². The molecule has 1 saturated heterocycles. The molecule has 0 aliphatic carbocycles. The average Bonchev–Trinajstić information content (AvgIpc) is 2.88. The third kappa shape index (κ3) is 7.39. The van der Waals surface area contributed by atoms with Crippen LogP contribution in [0, 0.1) is 6.92 Å². The number of hydrogen-bond acceptors (Lipinski definition) is 9. The van der Waals surface area contributed by atoms with Crippen LogP contribution in [0.15, 0.2) is 53.4 Å². The summed E-state index contributed by atoms with van der Waals surface area (Å²) in [6.07, 6.45) is -0.646. The van der Waals surface area contributed by atoms with Crippen molar-refractivity contribution in [2.45, 2.75) is 56.7 Å². The van der Waals surface area contributed by atoms with Gasteiger partial charge in [-0.25, -0.2) is 22.3 Å². The Morgan fingerprint density at radius 3 is 2.10 bits per heavy atom. The predicted molar refractivity (Wildman–Crippen MR) is 156 cm³/mol. The fourth-order valence-electron chi connectivity index (χ4n) is 4.14. The fraction of sp³-hybridized carbons (Fsp3) is 0.464. The molecular weight excluding hydrogens is 570 g/mol. The number of carbonyl (C=O) groups excluding carboxylic acids is 3. The summed E-state index contributed by atoms with van der Waals surface area (Å²) >= 11 is -1.34. The Morgan fingerprint density at radius 1 is 1.00 bits per heavy atom. The minimum atomic E-state index is -4.58. The first-order valence-corrected chi connectivity index (χ1v) is 15.9. The number of nitrogens with zero attached hydrogens (tertiary/aromatic N) is 2. The summed E-state index contributed by atoms with van der Waals surface area (Å²) in [5.74, 6) is -1.54. The third-order valence-electron chi connectivity index (χ3n) is 6.27. The van der Waals surface area contributed by atoms with Gasteiger partial charge in [-0.2, -0.15) is 0 Å². The number of nitrogens with one attached hydrogen (secondary N) is 1. The zero-order valence-electron chi connectivity index (χ0n) is 24.3. The van der Waals surface area contributed by atoms with Crippen LogP contribution >= 0.6 is 0 Å². The second-order valence-corrected chi connectivity index (χ2v) is 14.5. The highest BCUT2D eigenvalue weighted by Gasteiger charge is 2.57. The molecule has 0 aromatic heterocycles. The van der Waals surface area contributed by atoms with Gasteiger partial charge in [-0.15, -0.1) is 0 Å². The standard InChI is InChI=1S/C28H37N3O8S2/c1-19-8-14-22(15-9-19)41(36,37)31(20-10-12-21(13-11-20)38-26(34)30(6)7)28(5,25(33)39-27(2,3)4)24(32)23-18-40(35)17-16-29-23/h8-15,23,29H,16-18H2,1-7H3/t23?,28-,40?/m1/s1. The molecule has 3 rings (SSSR count). The number of carbonyl (C=O) groups is 3. The van der Waals surface area contributed by atoms with Crippen molar-refractivity contribution in [2.24, 2.45) is 0 Å². The summed E-state index contributed by atoms with van der Waals surface area (Å²) in [4.78, 5) is 41.3. The van der Waals surface area contributed by atoms with Gasteiger partial charge in [0.15, 0.2) is 5.78 Å². The third-order valence-corrected chi connectivity index (χ3v) is 9.56. The first-order chi connectivity index (χ1) is 19.0. The molecule has 1 N–H and O–H groups in total. The zero-order chi connectivity index (χ0) is 30.8. The second kappa shape index (κ2) is 12.4. The highest BCUT2D eigenvalue weighted by molar-refractivity contribution is 7.93. The minimum Gasteiger partial charge on any atom is -0.616 e. The Kier molecular flexibility index (Phi) is 9.79. The number of benzene rings is 2. The van der Waals surface area contributed by atoms with Crippen molar-refractivity contribution in [3.05, 3.63) is 54.1 Å². The summed E-state index contributed by atoms with van der Waals surface area (Å²) in [6.45, 7) is 8.08. The molecule has 2 aromatic rings. The molecule has 13 heteroatoms. The van der Waals surface area contributed by atoms with Crippen LogP contribution in [-0.4, -0.2) is 85.0 Å². The van der Waals surface area contributed by atoms with E-state index in [0.29, 0.717) is 5.75 Å². The molecule has 0 radical (unpaired) electrons. The molecule has 224 valence electrons. The molecule has 3 atom stereocenters. The predicted octanol–water partition coefficient (Wildman–Crippen LogP) is 2.64. The van der Waals surface area contributed by atoms with Gasteiger partial charge in [-0.3, -0.25) is 10.1 Å². The van der Waals surface area contributed by atoms with Crippen molar-refractivity contribution in [2.75, 3.05) is 36.5 Å². The summed E-state index contributed by atoms with van der Waals surface area (Å²) in [5, 5.41) is 2.98. The Hall–Kier alpha value is -3.13. The van der Waals surface area contributed by atoms with Gasteiger partial charge < -0.3 is 18.9 Å². The maximum atomic E-state index is 14.4. The average molecular weight is 608 g/mol. The number of aryl methyl sites for hydroxylation is 1. The number of ether oxygens (including phenoxy) is 2. The van der Waals surface area contributed by atoms with Crippen LogP contribution in [0.5, 0.6) is 5.75 Å². The molecule has 1 heterocycles. The SMILES string of the molecule is Cc1ccc(S(=O)(=O)N(c2ccc(OC(=O)N(C)C)cc2)[C@@](C)(C(=O)OC(C)(C)C)C(=O)C2C[S+]([O-])CCN2)cc1. The monoisotopic (exact) mass is 607 g/mol. The molecular formula is C28H37N3O8S2. The minimum absolute atomic E-state index is 0.0473. The Bertz CT molecular complexity index is 1370. The number of ketones is 1.